The number of aromatic nitrogens is 1. The average Bonchev–Trinajstić information content (AvgIpc) is 3.44. The number of carbonyl (C=O) groups excluding carboxylic acids is 1. The van der Waals surface area contributed by atoms with Gasteiger partial charge in [0.1, 0.15) is 5.75 Å². The summed E-state index contributed by atoms with van der Waals surface area (Å²) < 4.78 is 7.62. The Morgan fingerprint density at radius 3 is 2.77 bits per heavy atom. The van der Waals surface area contributed by atoms with Gasteiger partial charge in [-0.1, -0.05) is 57.6 Å². The van der Waals surface area contributed by atoms with Crippen LogP contribution in [0.4, 0.5) is 0 Å². The van der Waals surface area contributed by atoms with E-state index < -0.39 is 0 Å². The van der Waals surface area contributed by atoms with Crippen LogP contribution in [0.3, 0.4) is 0 Å². The predicted molar refractivity (Wildman–Crippen MR) is 123 cm³/mol. The van der Waals surface area contributed by atoms with Crippen molar-refractivity contribution in [3.05, 3.63) is 53.9 Å². The van der Waals surface area contributed by atoms with E-state index in [0.29, 0.717) is 18.9 Å². The zero-order valence-corrected chi connectivity index (χ0v) is 18.8. The summed E-state index contributed by atoms with van der Waals surface area (Å²) in [6.07, 6.45) is 12.6. The largest absolute Gasteiger partial charge is 0.497 e. The maximum Gasteiger partial charge on any atom is 0.222 e. The first kappa shape index (κ1) is 22.5. The quantitative estimate of drug-likeness (QED) is 0.400. The van der Waals surface area contributed by atoms with Gasteiger partial charge in [0, 0.05) is 31.4 Å². The van der Waals surface area contributed by atoms with Gasteiger partial charge in [0.25, 0.3) is 0 Å². The van der Waals surface area contributed by atoms with E-state index in [9.17, 15) is 4.79 Å². The third-order valence-corrected chi connectivity index (χ3v) is 6.39. The van der Waals surface area contributed by atoms with E-state index in [2.05, 4.69) is 46.9 Å². The number of hydrogen-bond donors (Lipinski definition) is 0. The molecule has 1 fully saturated rings. The molecule has 1 heterocycles. The summed E-state index contributed by atoms with van der Waals surface area (Å²) in [5.74, 6) is 1.97. The van der Waals surface area contributed by atoms with E-state index >= 15 is 0 Å². The van der Waals surface area contributed by atoms with Gasteiger partial charge in [0.2, 0.25) is 5.91 Å². The fourth-order valence-corrected chi connectivity index (χ4v) is 4.54. The molecule has 1 saturated carbocycles. The first-order chi connectivity index (χ1) is 14.7. The Kier molecular flexibility index (Phi) is 8.85. The van der Waals surface area contributed by atoms with Crippen LogP contribution >= 0.6 is 0 Å². The standard InChI is InChI=1S/C26H38N2O2/c1-3-4-7-17-28(26(29)16-15-22-10-5-6-11-22)21-24-13-9-18-27(24)20-23-12-8-14-25(19-23)30-2/h8-9,12-14,18-19,22H,3-7,10-11,15-17,20-21H2,1-2H3. The molecule has 0 radical (unpaired) electrons. The Labute approximate surface area is 182 Å². The zero-order valence-electron chi connectivity index (χ0n) is 18.8. The second-order valence-corrected chi connectivity index (χ2v) is 8.69. The number of nitrogens with zero attached hydrogens (tertiary/aromatic N) is 2. The lowest BCUT2D eigenvalue weighted by molar-refractivity contribution is -0.132. The monoisotopic (exact) mass is 410 g/mol. The Hall–Kier alpha value is -2.23. The number of methoxy groups -OCH3 is 1. The van der Waals surface area contributed by atoms with Gasteiger partial charge in [-0.2, -0.15) is 0 Å². The van der Waals surface area contributed by atoms with Crippen molar-refractivity contribution in [2.75, 3.05) is 13.7 Å². The lowest BCUT2D eigenvalue weighted by atomic mass is 10.0. The average molecular weight is 411 g/mol. The van der Waals surface area contributed by atoms with Crippen LogP contribution < -0.4 is 4.74 Å². The molecule has 0 spiro atoms. The van der Waals surface area contributed by atoms with Crippen molar-refractivity contribution < 1.29 is 9.53 Å². The molecule has 0 aliphatic heterocycles. The number of unbranched alkanes of at least 4 members (excludes halogenated alkanes) is 2. The van der Waals surface area contributed by atoms with Crippen molar-refractivity contribution in [2.45, 2.75) is 77.8 Å². The molecule has 1 aliphatic carbocycles. The Morgan fingerprint density at radius 1 is 1.17 bits per heavy atom. The van der Waals surface area contributed by atoms with Crippen LogP contribution in [0.5, 0.6) is 5.75 Å². The maximum absolute atomic E-state index is 13.1. The first-order valence-electron chi connectivity index (χ1n) is 11.7. The smallest absolute Gasteiger partial charge is 0.222 e. The number of ether oxygens (including phenoxy) is 1. The highest BCUT2D eigenvalue weighted by Crippen LogP contribution is 2.29. The van der Waals surface area contributed by atoms with Gasteiger partial charge in [-0.25, -0.2) is 0 Å². The maximum atomic E-state index is 13.1. The Bertz CT molecular complexity index is 777. The van der Waals surface area contributed by atoms with Crippen molar-refractivity contribution in [1.29, 1.82) is 0 Å². The fourth-order valence-electron chi connectivity index (χ4n) is 4.54. The SMILES string of the molecule is CCCCCN(Cc1cccn1Cc1cccc(OC)c1)C(=O)CCC1CCCC1. The molecule has 3 rings (SSSR count). The molecule has 30 heavy (non-hydrogen) atoms. The van der Waals surface area contributed by atoms with E-state index in [1.54, 1.807) is 7.11 Å². The molecule has 0 unspecified atom stereocenters. The topological polar surface area (TPSA) is 34.5 Å². The van der Waals surface area contributed by atoms with Crippen molar-refractivity contribution in [1.82, 2.24) is 9.47 Å². The molecular formula is C26H38N2O2. The lowest BCUT2D eigenvalue weighted by Crippen LogP contribution is -2.32. The molecule has 0 saturated heterocycles. The lowest BCUT2D eigenvalue weighted by Gasteiger charge is -2.24. The third kappa shape index (κ3) is 6.65. The highest BCUT2D eigenvalue weighted by atomic mass is 16.5. The summed E-state index contributed by atoms with van der Waals surface area (Å²) in [4.78, 5) is 15.2. The van der Waals surface area contributed by atoms with Crippen molar-refractivity contribution in [3.8, 4) is 5.75 Å². The summed E-state index contributed by atoms with van der Waals surface area (Å²) >= 11 is 0. The molecule has 1 aromatic heterocycles. The highest BCUT2D eigenvalue weighted by molar-refractivity contribution is 5.76. The number of benzene rings is 1. The van der Waals surface area contributed by atoms with Crippen LogP contribution in [-0.4, -0.2) is 29.0 Å². The van der Waals surface area contributed by atoms with Gasteiger partial charge in [0.15, 0.2) is 0 Å². The number of rotatable bonds is 12. The van der Waals surface area contributed by atoms with Crippen LogP contribution in [0.1, 0.15) is 76.0 Å². The zero-order chi connectivity index (χ0) is 21.2. The van der Waals surface area contributed by atoms with Crippen LogP contribution in [0.2, 0.25) is 0 Å². The van der Waals surface area contributed by atoms with Crippen molar-refractivity contribution in [2.24, 2.45) is 5.92 Å². The molecule has 0 bridgehead atoms. The normalized spacial score (nSPS) is 14.2. The molecular weight excluding hydrogens is 372 g/mol. The Morgan fingerprint density at radius 2 is 2.00 bits per heavy atom. The third-order valence-electron chi connectivity index (χ3n) is 6.39. The summed E-state index contributed by atoms with van der Waals surface area (Å²) in [6.45, 7) is 4.57. The van der Waals surface area contributed by atoms with Crippen LogP contribution in [0.15, 0.2) is 42.6 Å². The summed E-state index contributed by atoms with van der Waals surface area (Å²) in [5, 5.41) is 0. The molecule has 2 aromatic rings. The molecule has 164 valence electrons. The highest BCUT2D eigenvalue weighted by Gasteiger charge is 2.20. The minimum atomic E-state index is 0.326. The first-order valence-corrected chi connectivity index (χ1v) is 11.7. The van der Waals surface area contributed by atoms with E-state index in [1.807, 2.05) is 12.1 Å². The van der Waals surface area contributed by atoms with Gasteiger partial charge in [-0.05, 0) is 48.6 Å². The van der Waals surface area contributed by atoms with Crippen molar-refractivity contribution >= 4 is 5.91 Å². The second-order valence-electron chi connectivity index (χ2n) is 8.69. The summed E-state index contributed by atoms with van der Waals surface area (Å²) in [5.41, 5.74) is 2.40. The van der Waals surface area contributed by atoms with Crippen LogP contribution in [-0.2, 0) is 17.9 Å². The van der Waals surface area contributed by atoms with E-state index in [4.69, 9.17) is 4.74 Å². The predicted octanol–water partition coefficient (Wildman–Crippen LogP) is 6.03. The van der Waals surface area contributed by atoms with Gasteiger partial charge in [0.05, 0.1) is 13.7 Å². The molecule has 4 heteroatoms. The second kappa shape index (κ2) is 11.8. The van der Waals surface area contributed by atoms with E-state index in [0.717, 1.165) is 37.6 Å². The Balaban J connectivity index is 1.64. The fraction of sp³-hybridized carbons (Fsp3) is 0.577. The summed E-state index contributed by atoms with van der Waals surface area (Å²) in [7, 11) is 1.70. The number of carbonyl (C=O) groups is 1. The van der Waals surface area contributed by atoms with Crippen LogP contribution in [0.25, 0.3) is 0 Å². The molecule has 1 aromatic carbocycles. The number of amides is 1. The van der Waals surface area contributed by atoms with E-state index in [1.165, 1.54) is 49.8 Å². The molecule has 1 aliphatic rings. The molecule has 0 atom stereocenters. The van der Waals surface area contributed by atoms with Crippen molar-refractivity contribution in [3.63, 3.8) is 0 Å². The molecule has 1 amide bonds. The van der Waals surface area contributed by atoms with Crippen LogP contribution in [0, 0.1) is 5.92 Å². The van der Waals surface area contributed by atoms with Gasteiger partial charge in [-0.15, -0.1) is 0 Å². The number of hydrogen-bond acceptors (Lipinski definition) is 2. The van der Waals surface area contributed by atoms with Gasteiger partial charge in [-0.3, -0.25) is 4.79 Å². The summed E-state index contributed by atoms with van der Waals surface area (Å²) in [6, 6.07) is 12.4. The van der Waals surface area contributed by atoms with E-state index in [-0.39, 0.29) is 0 Å². The van der Waals surface area contributed by atoms with Gasteiger partial charge < -0.3 is 14.2 Å². The molecule has 0 N–H and O–H groups in total. The molecule has 4 nitrogen and oxygen atoms in total. The minimum Gasteiger partial charge on any atom is -0.497 e. The minimum absolute atomic E-state index is 0.326. The van der Waals surface area contributed by atoms with Gasteiger partial charge >= 0.3 is 0 Å².